The number of benzene rings is 1. The average molecular weight is 361 g/mol. The van der Waals surface area contributed by atoms with Crippen molar-refractivity contribution < 1.29 is 0 Å². The molecule has 0 aliphatic carbocycles. The summed E-state index contributed by atoms with van der Waals surface area (Å²) < 4.78 is 0. The van der Waals surface area contributed by atoms with E-state index in [-0.39, 0.29) is 5.95 Å². The van der Waals surface area contributed by atoms with Gasteiger partial charge >= 0.3 is 0 Å². The minimum atomic E-state index is 0.212. The van der Waals surface area contributed by atoms with Crippen LogP contribution in [-0.2, 0) is 0 Å². The first kappa shape index (κ1) is 15.6. The lowest BCUT2D eigenvalue weighted by Gasteiger charge is -2.17. The molecule has 0 saturated carbocycles. The molecule has 0 atom stereocenters. The van der Waals surface area contributed by atoms with Crippen LogP contribution in [0.15, 0.2) is 36.7 Å². The van der Waals surface area contributed by atoms with Gasteiger partial charge in [0.2, 0.25) is 5.95 Å². The Morgan fingerprint density at radius 1 is 1.11 bits per heavy atom. The number of anilines is 4. The number of nitrogens with two attached hydrogens (primary N) is 1. The number of hydrogen-bond acceptors (Lipinski definition) is 7. The van der Waals surface area contributed by atoms with E-state index in [1.165, 1.54) is 18.5 Å². The van der Waals surface area contributed by atoms with Crippen LogP contribution in [0.2, 0.25) is 0 Å². The fraction of sp³-hybridized carbons (Fsp3) is 0.222. The van der Waals surface area contributed by atoms with Crippen molar-refractivity contribution in [2.75, 3.05) is 29.0 Å². The van der Waals surface area contributed by atoms with E-state index >= 15 is 0 Å². The summed E-state index contributed by atoms with van der Waals surface area (Å²) in [5, 5.41) is 10.4. The maximum atomic E-state index is 5.66. The van der Waals surface area contributed by atoms with Crippen molar-refractivity contribution in [3.8, 4) is 11.5 Å². The third-order valence-corrected chi connectivity index (χ3v) is 4.75. The first-order valence-electron chi connectivity index (χ1n) is 8.91. The molecule has 4 aromatic rings. The molecular weight excluding hydrogens is 342 g/mol. The van der Waals surface area contributed by atoms with Gasteiger partial charge in [-0.1, -0.05) is 6.07 Å². The van der Waals surface area contributed by atoms with Gasteiger partial charge in [-0.25, -0.2) is 9.97 Å². The molecule has 4 heterocycles. The standard InChI is InChI=1S/C18H19N9/c19-18-20-7-6-14(24-18)22-12-10-21-26-16(12)17-23-11-4-3-5-13(15(11)25-17)27-8-1-2-9-27/h3-7,10H,1-2,8-9H2,(H,21,26)(H,23,25)(H3,19,20,22,24). The second kappa shape index (κ2) is 6.27. The molecule has 0 amide bonds. The molecule has 5 N–H and O–H groups in total. The topological polar surface area (TPSA) is 124 Å². The molecule has 1 aliphatic rings. The second-order valence-electron chi connectivity index (χ2n) is 6.54. The third-order valence-electron chi connectivity index (χ3n) is 4.75. The number of hydrogen-bond donors (Lipinski definition) is 4. The van der Waals surface area contributed by atoms with E-state index in [0.717, 1.165) is 41.3 Å². The summed E-state index contributed by atoms with van der Waals surface area (Å²) in [5.74, 6) is 1.53. The van der Waals surface area contributed by atoms with Gasteiger partial charge in [0, 0.05) is 19.3 Å². The molecule has 1 aromatic carbocycles. The number of para-hydroxylation sites is 1. The van der Waals surface area contributed by atoms with Crippen LogP contribution in [-0.4, -0.2) is 43.2 Å². The molecule has 136 valence electrons. The Hall–Kier alpha value is -3.62. The Morgan fingerprint density at radius 2 is 2.00 bits per heavy atom. The highest BCUT2D eigenvalue weighted by Gasteiger charge is 2.19. The monoisotopic (exact) mass is 361 g/mol. The third kappa shape index (κ3) is 2.82. The number of nitrogens with one attached hydrogen (secondary N) is 3. The number of nitrogens with zero attached hydrogens (tertiary/aromatic N) is 5. The van der Waals surface area contributed by atoms with E-state index < -0.39 is 0 Å². The molecule has 1 saturated heterocycles. The smallest absolute Gasteiger partial charge is 0.221 e. The van der Waals surface area contributed by atoms with Gasteiger partial charge in [0.1, 0.15) is 17.0 Å². The summed E-state index contributed by atoms with van der Waals surface area (Å²) >= 11 is 0. The molecule has 1 aliphatic heterocycles. The summed E-state index contributed by atoms with van der Waals surface area (Å²) in [6, 6.07) is 7.99. The fourth-order valence-electron chi connectivity index (χ4n) is 3.49. The van der Waals surface area contributed by atoms with Crippen molar-refractivity contribution >= 4 is 34.2 Å². The number of H-pyrrole nitrogens is 2. The number of aromatic amines is 2. The van der Waals surface area contributed by atoms with Crippen molar-refractivity contribution in [2.24, 2.45) is 0 Å². The Kier molecular flexibility index (Phi) is 3.63. The van der Waals surface area contributed by atoms with Crippen molar-refractivity contribution in [3.63, 3.8) is 0 Å². The van der Waals surface area contributed by atoms with E-state index in [9.17, 15) is 0 Å². The highest BCUT2D eigenvalue weighted by molar-refractivity contribution is 5.92. The maximum Gasteiger partial charge on any atom is 0.221 e. The van der Waals surface area contributed by atoms with Crippen molar-refractivity contribution in [3.05, 3.63) is 36.7 Å². The molecular formula is C18H19N9. The van der Waals surface area contributed by atoms with Crippen LogP contribution in [0.4, 0.5) is 23.1 Å². The van der Waals surface area contributed by atoms with Crippen LogP contribution >= 0.6 is 0 Å². The summed E-state index contributed by atoms with van der Waals surface area (Å²) in [6.07, 6.45) is 5.75. The minimum absolute atomic E-state index is 0.212. The first-order chi connectivity index (χ1) is 13.3. The highest BCUT2D eigenvalue weighted by Crippen LogP contribution is 2.32. The predicted molar refractivity (Wildman–Crippen MR) is 105 cm³/mol. The average Bonchev–Trinajstić information content (AvgIpc) is 3.41. The van der Waals surface area contributed by atoms with Gasteiger partial charge in [0.25, 0.3) is 0 Å². The Morgan fingerprint density at radius 3 is 2.85 bits per heavy atom. The van der Waals surface area contributed by atoms with Crippen LogP contribution in [0.1, 0.15) is 12.8 Å². The Balaban J connectivity index is 1.53. The molecule has 9 heteroatoms. The van der Waals surface area contributed by atoms with E-state index in [0.29, 0.717) is 5.82 Å². The summed E-state index contributed by atoms with van der Waals surface area (Å²) in [7, 11) is 0. The van der Waals surface area contributed by atoms with Crippen LogP contribution < -0.4 is 16.0 Å². The summed E-state index contributed by atoms with van der Waals surface area (Å²) in [4.78, 5) is 18.7. The van der Waals surface area contributed by atoms with E-state index in [2.05, 4.69) is 47.5 Å². The maximum absolute atomic E-state index is 5.66. The van der Waals surface area contributed by atoms with Crippen molar-refractivity contribution in [2.45, 2.75) is 12.8 Å². The minimum Gasteiger partial charge on any atom is -0.370 e. The zero-order valence-corrected chi connectivity index (χ0v) is 14.6. The second-order valence-corrected chi connectivity index (χ2v) is 6.54. The molecule has 1 fully saturated rings. The van der Waals surface area contributed by atoms with Gasteiger partial charge in [-0.3, -0.25) is 5.10 Å². The van der Waals surface area contributed by atoms with E-state index in [1.54, 1.807) is 18.5 Å². The number of aromatic nitrogens is 6. The van der Waals surface area contributed by atoms with Crippen LogP contribution in [0.5, 0.6) is 0 Å². The molecule has 3 aromatic heterocycles. The van der Waals surface area contributed by atoms with Gasteiger partial charge in [0.05, 0.1) is 23.1 Å². The molecule has 0 bridgehead atoms. The van der Waals surface area contributed by atoms with Gasteiger partial charge in [-0.2, -0.15) is 10.1 Å². The van der Waals surface area contributed by atoms with Crippen LogP contribution in [0.3, 0.4) is 0 Å². The van der Waals surface area contributed by atoms with Crippen molar-refractivity contribution in [1.82, 2.24) is 30.1 Å². The normalized spacial score (nSPS) is 14.1. The lowest BCUT2D eigenvalue weighted by molar-refractivity contribution is 0.949. The number of imidazole rings is 1. The predicted octanol–water partition coefficient (Wildman–Crippen LogP) is 2.67. The SMILES string of the molecule is Nc1nccc(Nc2cn[nH]c2-c2nc3c(N4CCCC4)cccc3[nH]2)n1. The first-order valence-corrected chi connectivity index (χ1v) is 8.91. The number of fused-ring (bicyclic) bond motifs is 1. The lowest BCUT2D eigenvalue weighted by Crippen LogP contribution is -2.17. The molecule has 27 heavy (non-hydrogen) atoms. The fourth-order valence-corrected chi connectivity index (χ4v) is 3.49. The lowest BCUT2D eigenvalue weighted by atomic mass is 10.2. The molecule has 0 unspecified atom stereocenters. The quantitative estimate of drug-likeness (QED) is 0.440. The highest BCUT2D eigenvalue weighted by atomic mass is 15.2. The summed E-state index contributed by atoms with van der Waals surface area (Å²) in [6.45, 7) is 2.15. The summed E-state index contributed by atoms with van der Waals surface area (Å²) in [5.41, 5.74) is 10.3. The van der Waals surface area contributed by atoms with E-state index in [4.69, 9.17) is 10.7 Å². The molecule has 0 spiro atoms. The Bertz CT molecular complexity index is 1090. The largest absolute Gasteiger partial charge is 0.370 e. The van der Waals surface area contributed by atoms with Crippen LogP contribution in [0.25, 0.3) is 22.6 Å². The zero-order valence-electron chi connectivity index (χ0n) is 14.6. The Labute approximate surface area is 155 Å². The van der Waals surface area contributed by atoms with Crippen molar-refractivity contribution in [1.29, 1.82) is 0 Å². The number of rotatable bonds is 4. The van der Waals surface area contributed by atoms with E-state index in [1.807, 2.05) is 6.07 Å². The van der Waals surface area contributed by atoms with Gasteiger partial charge in [-0.15, -0.1) is 0 Å². The number of nitrogen functional groups attached to an aromatic ring is 1. The van der Waals surface area contributed by atoms with Gasteiger partial charge in [0.15, 0.2) is 5.82 Å². The van der Waals surface area contributed by atoms with Gasteiger partial charge < -0.3 is 20.9 Å². The van der Waals surface area contributed by atoms with Crippen LogP contribution in [0, 0.1) is 0 Å². The van der Waals surface area contributed by atoms with Gasteiger partial charge in [-0.05, 0) is 31.0 Å². The molecule has 0 radical (unpaired) electrons. The molecule has 5 rings (SSSR count). The molecule has 9 nitrogen and oxygen atoms in total. The zero-order chi connectivity index (χ0) is 18.2.